The van der Waals surface area contributed by atoms with E-state index in [9.17, 15) is 8.42 Å². The van der Waals surface area contributed by atoms with E-state index in [1.807, 2.05) is 7.05 Å². The second-order valence-electron chi connectivity index (χ2n) is 4.20. The Hall–Kier alpha value is -0.560. The van der Waals surface area contributed by atoms with Gasteiger partial charge in [-0.2, -0.15) is 4.31 Å². The van der Waals surface area contributed by atoms with Crippen LogP contribution in [0.1, 0.15) is 5.69 Å². The Labute approximate surface area is 106 Å². The Morgan fingerprint density at radius 1 is 1.35 bits per heavy atom. The largest absolute Gasteiger partial charge is 0.363 e. The molecule has 2 rings (SSSR count). The fourth-order valence-electron chi connectivity index (χ4n) is 1.82. The van der Waals surface area contributed by atoms with Crippen molar-refractivity contribution in [3.8, 4) is 0 Å². The van der Waals surface area contributed by atoms with Crippen molar-refractivity contribution in [2.75, 3.05) is 33.2 Å². The zero-order chi connectivity index (χ0) is 12.5. The number of piperazine rings is 1. The minimum Gasteiger partial charge on any atom is -0.363 e. The summed E-state index contributed by atoms with van der Waals surface area (Å²) in [7, 11) is -1.37. The molecule has 96 valence electrons. The second kappa shape index (κ2) is 4.97. The van der Waals surface area contributed by atoms with Crippen LogP contribution in [0.3, 0.4) is 0 Å². The summed E-state index contributed by atoms with van der Waals surface area (Å²) in [5, 5.41) is 0. The molecule has 17 heavy (non-hydrogen) atoms. The molecule has 1 fully saturated rings. The quantitative estimate of drug-likeness (QED) is 0.827. The minimum atomic E-state index is -3.36. The van der Waals surface area contributed by atoms with Gasteiger partial charge in [-0.25, -0.2) is 8.42 Å². The molecule has 0 aromatic carbocycles. The van der Waals surface area contributed by atoms with Crippen LogP contribution in [0.25, 0.3) is 0 Å². The Kier molecular flexibility index (Phi) is 3.77. The molecule has 1 aromatic rings. The van der Waals surface area contributed by atoms with E-state index in [-0.39, 0.29) is 5.88 Å². The number of likely N-dealkylation sites (N-methyl/N-ethyl adjacent to an activating group) is 1. The number of nitrogens with one attached hydrogen (secondary N) is 1. The highest BCUT2D eigenvalue weighted by molar-refractivity contribution is 7.89. The number of aromatic nitrogens is 1. The van der Waals surface area contributed by atoms with E-state index in [1.54, 1.807) is 6.07 Å². The van der Waals surface area contributed by atoms with Gasteiger partial charge in [0.05, 0.1) is 10.8 Å². The second-order valence-corrected chi connectivity index (χ2v) is 6.41. The standard InChI is InChI=1S/C10H16ClN3O2S/c1-13-2-4-14(5-3-13)17(15,16)10-6-9(7-11)12-8-10/h6,8,12H,2-5,7H2,1H3. The number of halogens is 1. The van der Waals surface area contributed by atoms with Crippen LogP contribution in [-0.4, -0.2) is 55.8 Å². The van der Waals surface area contributed by atoms with Gasteiger partial charge < -0.3 is 9.88 Å². The number of rotatable bonds is 3. The average Bonchev–Trinajstić information content (AvgIpc) is 2.78. The molecule has 2 heterocycles. The van der Waals surface area contributed by atoms with Crippen LogP contribution >= 0.6 is 11.6 Å². The summed E-state index contributed by atoms with van der Waals surface area (Å²) in [6.07, 6.45) is 1.51. The molecule has 1 aliphatic rings. The van der Waals surface area contributed by atoms with Gasteiger partial charge in [0.1, 0.15) is 0 Å². The van der Waals surface area contributed by atoms with Crippen molar-refractivity contribution in [2.24, 2.45) is 0 Å². The summed E-state index contributed by atoms with van der Waals surface area (Å²) in [6, 6.07) is 1.60. The number of H-pyrrole nitrogens is 1. The van der Waals surface area contributed by atoms with Crippen LogP contribution in [0.5, 0.6) is 0 Å². The third-order valence-electron chi connectivity index (χ3n) is 2.96. The van der Waals surface area contributed by atoms with Crippen LogP contribution in [0.4, 0.5) is 0 Å². The Balaban J connectivity index is 2.18. The monoisotopic (exact) mass is 277 g/mol. The maximum absolute atomic E-state index is 12.3. The predicted octanol–water partition coefficient (Wildman–Crippen LogP) is 0.690. The molecule has 0 radical (unpaired) electrons. The Morgan fingerprint density at radius 3 is 2.53 bits per heavy atom. The van der Waals surface area contributed by atoms with Gasteiger partial charge in [-0.1, -0.05) is 0 Å². The predicted molar refractivity (Wildman–Crippen MR) is 66.6 cm³/mol. The molecule has 5 nitrogen and oxygen atoms in total. The number of hydrogen-bond donors (Lipinski definition) is 1. The minimum absolute atomic E-state index is 0.290. The van der Waals surface area contributed by atoms with Gasteiger partial charge in [0.15, 0.2) is 0 Å². The van der Waals surface area contributed by atoms with Crippen LogP contribution in [0.15, 0.2) is 17.2 Å². The molecule has 0 amide bonds. The molecule has 0 aliphatic carbocycles. The summed E-state index contributed by atoms with van der Waals surface area (Å²) in [5.74, 6) is 0.290. The van der Waals surface area contributed by atoms with Crippen molar-refractivity contribution in [1.29, 1.82) is 0 Å². The van der Waals surface area contributed by atoms with E-state index in [1.165, 1.54) is 10.5 Å². The number of sulfonamides is 1. The van der Waals surface area contributed by atoms with Crippen LogP contribution < -0.4 is 0 Å². The van der Waals surface area contributed by atoms with Gasteiger partial charge in [0.25, 0.3) is 0 Å². The molecular weight excluding hydrogens is 262 g/mol. The van der Waals surface area contributed by atoms with Gasteiger partial charge >= 0.3 is 0 Å². The number of hydrogen-bond acceptors (Lipinski definition) is 3. The molecule has 0 saturated carbocycles. The number of aromatic amines is 1. The van der Waals surface area contributed by atoms with E-state index in [2.05, 4.69) is 9.88 Å². The first-order chi connectivity index (χ1) is 8.04. The number of alkyl halides is 1. The van der Waals surface area contributed by atoms with Gasteiger partial charge in [-0.15, -0.1) is 11.6 Å². The fraction of sp³-hybridized carbons (Fsp3) is 0.600. The lowest BCUT2D eigenvalue weighted by Gasteiger charge is -2.31. The van der Waals surface area contributed by atoms with E-state index < -0.39 is 10.0 Å². The van der Waals surface area contributed by atoms with Crippen molar-refractivity contribution in [1.82, 2.24) is 14.2 Å². The topological polar surface area (TPSA) is 56.4 Å². The third-order valence-corrected chi connectivity index (χ3v) is 5.12. The molecular formula is C10H16ClN3O2S. The van der Waals surface area contributed by atoms with Crippen LogP contribution in [0.2, 0.25) is 0 Å². The number of nitrogens with zero attached hydrogens (tertiary/aromatic N) is 2. The summed E-state index contributed by atoms with van der Waals surface area (Å²) in [5.41, 5.74) is 0.722. The molecule has 0 bridgehead atoms. The molecule has 7 heteroatoms. The Morgan fingerprint density at radius 2 is 2.00 bits per heavy atom. The molecule has 0 unspecified atom stereocenters. The first-order valence-corrected chi connectivity index (χ1v) is 7.43. The van der Waals surface area contributed by atoms with Crippen molar-refractivity contribution >= 4 is 21.6 Å². The van der Waals surface area contributed by atoms with Crippen LogP contribution in [0, 0.1) is 0 Å². The van der Waals surface area contributed by atoms with Crippen molar-refractivity contribution in [2.45, 2.75) is 10.8 Å². The molecule has 1 saturated heterocycles. The van der Waals surface area contributed by atoms with Gasteiger partial charge in [-0.3, -0.25) is 0 Å². The smallest absolute Gasteiger partial charge is 0.244 e. The summed E-state index contributed by atoms with van der Waals surface area (Å²) in [6.45, 7) is 2.62. The average molecular weight is 278 g/mol. The highest BCUT2D eigenvalue weighted by Gasteiger charge is 2.28. The normalized spacial score (nSPS) is 19.6. The molecule has 1 N–H and O–H groups in total. The molecule has 1 aromatic heterocycles. The van der Waals surface area contributed by atoms with Gasteiger partial charge in [-0.05, 0) is 13.1 Å². The maximum Gasteiger partial charge on any atom is 0.244 e. The third kappa shape index (κ3) is 2.65. The zero-order valence-electron chi connectivity index (χ0n) is 9.69. The first-order valence-electron chi connectivity index (χ1n) is 5.46. The Bertz CT molecular complexity index is 477. The van der Waals surface area contributed by atoms with E-state index >= 15 is 0 Å². The zero-order valence-corrected chi connectivity index (χ0v) is 11.3. The lowest BCUT2D eigenvalue weighted by molar-refractivity contribution is 0.222. The molecule has 0 atom stereocenters. The molecule has 0 spiro atoms. The first kappa shape index (κ1) is 12.9. The van der Waals surface area contributed by atoms with E-state index in [0.717, 1.165) is 18.8 Å². The van der Waals surface area contributed by atoms with Crippen molar-refractivity contribution in [3.63, 3.8) is 0 Å². The SMILES string of the molecule is CN1CCN(S(=O)(=O)c2c[nH]c(CCl)c2)CC1. The summed E-state index contributed by atoms with van der Waals surface area (Å²) in [4.78, 5) is 5.28. The molecule has 1 aliphatic heterocycles. The van der Waals surface area contributed by atoms with Crippen molar-refractivity contribution < 1.29 is 8.42 Å². The lowest BCUT2D eigenvalue weighted by Crippen LogP contribution is -2.46. The van der Waals surface area contributed by atoms with E-state index in [4.69, 9.17) is 11.6 Å². The lowest BCUT2D eigenvalue weighted by atomic mass is 10.4. The van der Waals surface area contributed by atoms with Crippen LogP contribution in [-0.2, 0) is 15.9 Å². The van der Waals surface area contributed by atoms with Gasteiger partial charge in [0.2, 0.25) is 10.0 Å². The van der Waals surface area contributed by atoms with Crippen molar-refractivity contribution in [3.05, 3.63) is 18.0 Å². The fourth-order valence-corrected chi connectivity index (χ4v) is 3.42. The van der Waals surface area contributed by atoms with Gasteiger partial charge in [0, 0.05) is 38.1 Å². The summed E-state index contributed by atoms with van der Waals surface area (Å²) < 4.78 is 26.1. The highest BCUT2D eigenvalue weighted by atomic mass is 35.5. The summed E-state index contributed by atoms with van der Waals surface area (Å²) >= 11 is 5.65. The highest BCUT2D eigenvalue weighted by Crippen LogP contribution is 2.18. The van der Waals surface area contributed by atoms with E-state index in [0.29, 0.717) is 18.0 Å². The maximum atomic E-state index is 12.3.